The molecule has 1 saturated heterocycles. The van der Waals surface area contributed by atoms with Gasteiger partial charge in [0.15, 0.2) is 5.82 Å². The van der Waals surface area contributed by atoms with Crippen LogP contribution in [0.5, 0.6) is 0 Å². The number of hydrogen-bond acceptors (Lipinski definition) is 5. The van der Waals surface area contributed by atoms with Gasteiger partial charge in [-0.15, -0.1) is 0 Å². The molecule has 1 aromatic rings. The van der Waals surface area contributed by atoms with Gasteiger partial charge in [-0.3, -0.25) is 0 Å². The van der Waals surface area contributed by atoms with Crippen molar-refractivity contribution < 1.29 is 14.1 Å². The van der Waals surface area contributed by atoms with Crippen molar-refractivity contribution in [2.45, 2.75) is 13.0 Å². The van der Waals surface area contributed by atoms with Crippen LogP contribution in [0.15, 0.2) is 4.52 Å². The minimum atomic E-state index is -0.292. The van der Waals surface area contributed by atoms with Gasteiger partial charge < -0.3 is 19.1 Å². The number of morpholine rings is 1. The fourth-order valence-corrected chi connectivity index (χ4v) is 1.74. The molecular formula is C10H16N4O3. The lowest BCUT2D eigenvalue weighted by atomic mass is 10.2. The topological polar surface area (TPSA) is 71.7 Å². The van der Waals surface area contributed by atoms with Gasteiger partial charge >= 0.3 is 6.03 Å². The Bertz CT molecular complexity index is 404. The van der Waals surface area contributed by atoms with E-state index in [4.69, 9.17) is 9.26 Å². The highest BCUT2D eigenvalue weighted by Gasteiger charge is 2.33. The number of amides is 2. The SMILES string of the molecule is Cc1noc([C@@H]2COCCN2C(=O)N(C)C)n1. The summed E-state index contributed by atoms with van der Waals surface area (Å²) in [4.78, 5) is 19.4. The van der Waals surface area contributed by atoms with Gasteiger partial charge in [-0.2, -0.15) is 4.98 Å². The lowest BCUT2D eigenvalue weighted by Crippen LogP contribution is -2.47. The van der Waals surface area contributed by atoms with Gasteiger partial charge in [0.05, 0.1) is 13.2 Å². The molecule has 17 heavy (non-hydrogen) atoms. The van der Waals surface area contributed by atoms with Crippen LogP contribution in [0.1, 0.15) is 17.8 Å². The molecular weight excluding hydrogens is 224 g/mol. The van der Waals surface area contributed by atoms with Crippen LogP contribution in [0.4, 0.5) is 4.79 Å². The zero-order valence-corrected chi connectivity index (χ0v) is 10.2. The molecule has 0 N–H and O–H groups in total. The minimum Gasteiger partial charge on any atom is -0.377 e. The molecule has 7 nitrogen and oxygen atoms in total. The Labute approximate surface area is 99.3 Å². The van der Waals surface area contributed by atoms with Gasteiger partial charge in [0, 0.05) is 20.6 Å². The maximum atomic E-state index is 12.0. The molecule has 1 aliphatic heterocycles. The lowest BCUT2D eigenvalue weighted by molar-refractivity contribution is -0.00479. The molecule has 0 unspecified atom stereocenters. The van der Waals surface area contributed by atoms with Crippen molar-refractivity contribution >= 4 is 6.03 Å². The van der Waals surface area contributed by atoms with Crippen molar-refractivity contribution in [3.8, 4) is 0 Å². The molecule has 0 aliphatic carbocycles. The molecule has 0 saturated carbocycles. The standard InChI is InChI=1S/C10H16N4O3/c1-7-11-9(17-12-7)8-6-16-5-4-14(8)10(15)13(2)3/h8H,4-6H2,1-3H3/t8-/m0/s1. The predicted molar refractivity (Wildman–Crippen MR) is 58.4 cm³/mol. The van der Waals surface area contributed by atoms with E-state index in [1.54, 1.807) is 25.9 Å². The number of carbonyl (C=O) groups is 1. The van der Waals surface area contributed by atoms with Crippen LogP contribution in [-0.4, -0.2) is 59.8 Å². The Morgan fingerprint density at radius 1 is 1.53 bits per heavy atom. The monoisotopic (exact) mass is 240 g/mol. The van der Waals surface area contributed by atoms with Crippen LogP contribution in [0.3, 0.4) is 0 Å². The first-order valence-corrected chi connectivity index (χ1v) is 5.45. The molecule has 1 aliphatic rings. The van der Waals surface area contributed by atoms with Gasteiger partial charge in [-0.1, -0.05) is 5.16 Å². The molecule has 1 fully saturated rings. The van der Waals surface area contributed by atoms with Gasteiger partial charge in [0.1, 0.15) is 6.04 Å². The number of carbonyl (C=O) groups excluding carboxylic acids is 1. The number of rotatable bonds is 1. The van der Waals surface area contributed by atoms with Crippen molar-refractivity contribution in [2.24, 2.45) is 0 Å². The van der Waals surface area contributed by atoms with Crippen molar-refractivity contribution in [1.29, 1.82) is 0 Å². The molecule has 7 heteroatoms. The highest BCUT2D eigenvalue weighted by atomic mass is 16.5. The smallest absolute Gasteiger partial charge is 0.320 e. The number of aryl methyl sites for hydroxylation is 1. The van der Waals surface area contributed by atoms with E-state index in [-0.39, 0.29) is 12.1 Å². The van der Waals surface area contributed by atoms with E-state index in [1.165, 1.54) is 4.90 Å². The summed E-state index contributed by atoms with van der Waals surface area (Å²) in [7, 11) is 3.43. The summed E-state index contributed by atoms with van der Waals surface area (Å²) in [6.45, 7) is 3.20. The molecule has 0 aromatic carbocycles. The molecule has 2 heterocycles. The molecule has 2 rings (SSSR count). The number of hydrogen-bond donors (Lipinski definition) is 0. The fourth-order valence-electron chi connectivity index (χ4n) is 1.74. The van der Waals surface area contributed by atoms with E-state index in [1.807, 2.05) is 0 Å². The zero-order chi connectivity index (χ0) is 12.4. The average molecular weight is 240 g/mol. The first kappa shape index (κ1) is 11.8. The van der Waals surface area contributed by atoms with E-state index < -0.39 is 0 Å². The Morgan fingerprint density at radius 2 is 2.29 bits per heavy atom. The van der Waals surface area contributed by atoms with Crippen LogP contribution in [0.25, 0.3) is 0 Å². The van der Waals surface area contributed by atoms with Crippen LogP contribution >= 0.6 is 0 Å². The molecule has 0 radical (unpaired) electrons. The number of ether oxygens (including phenoxy) is 1. The molecule has 94 valence electrons. The normalized spacial score (nSPS) is 20.4. The molecule has 2 amide bonds. The van der Waals surface area contributed by atoms with Gasteiger partial charge in [0.2, 0.25) is 0 Å². The van der Waals surface area contributed by atoms with E-state index >= 15 is 0 Å². The van der Waals surface area contributed by atoms with Crippen molar-refractivity contribution in [3.63, 3.8) is 0 Å². The van der Waals surface area contributed by atoms with Gasteiger partial charge in [-0.25, -0.2) is 4.79 Å². The van der Waals surface area contributed by atoms with Crippen LogP contribution in [-0.2, 0) is 4.74 Å². The highest BCUT2D eigenvalue weighted by Crippen LogP contribution is 2.23. The van der Waals surface area contributed by atoms with E-state index in [0.29, 0.717) is 31.5 Å². The second kappa shape index (κ2) is 4.70. The Morgan fingerprint density at radius 3 is 2.88 bits per heavy atom. The summed E-state index contributed by atoms with van der Waals surface area (Å²) in [5.74, 6) is 0.986. The summed E-state index contributed by atoms with van der Waals surface area (Å²) < 4.78 is 10.5. The molecule has 0 bridgehead atoms. The van der Waals surface area contributed by atoms with E-state index in [0.717, 1.165) is 0 Å². The molecule has 0 spiro atoms. The van der Waals surface area contributed by atoms with Crippen molar-refractivity contribution in [2.75, 3.05) is 33.9 Å². The third-order valence-corrected chi connectivity index (χ3v) is 2.59. The first-order chi connectivity index (χ1) is 8.09. The minimum absolute atomic E-state index is 0.0749. The lowest BCUT2D eigenvalue weighted by Gasteiger charge is -2.34. The number of nitrogens with zero attached hydrogens (tertiary/aromatic N) is 4. The number of urea groups is 1. The largest absolute Gasteiger partial charge is 0.377 e. The summed E-state index contributed by atoms with van der Waals surface area (Å²) in [6, 6.07) is -0.367. The maximum Gasteiger partial charge on any atom is 0.320 e. The summed E-state index contributed by atoms with van der Waals surface area (Å²) >= 11 is 0. The average Bonchev–Trinajstić information content (AvgIpc) is 2.74. The summed E-state index contributed by atoms with van der Waals surface area (Å²) in [5.41, 5.74) is 0. The van der Waals surface area contributed by atoms with E-state index in [2.05, 4.69) is 10.1 Å². The fraction of sp³-hybridized carbons (Fsp3) is 0.700. The summed E-state index contributed by atoms with van der Waals surface area (Å²) in [6.07, 6.45) is 0. The van der Waals surface area contributed by atoms with E-state index in [9.17, 15) is 4.79 Å². The van der Waals surface area contributed by atoms with Crippen LogP contribution < -0.4 is 0 Å². The first-order valence-electron chi connectivity index (χ1n) is 5.45. The van der Waals surface area contributed by atoms with Gasteiger partial charge in [-0.05, 0) is 6.92 Å². The Kier molecular flexibility index (Phi) is 3.28. The zero-order valence-electron chi connectivity index (χ0n) is 10.2. The second-order valence-electron chi connectivity index (χ2n) is 4.14. The third kappa shape index (κ3) is 2.38. The third-order valence-electron chi connectivity index (χ3n) is 2.59. The maximum absolute atomic E-state index is 12.0. The number of aromatic nitrogens is 2. The predicted octanol–water partition coefficient (Wildman–Crippen LogP) is 0.433. The molecule has 1 atom stereocenters. The quantitative estimate of drug-likeness (QED) is 0.712. The van der Waals surface area contributed by atoms with Crippen molar-refractivity contribution in [3.05, 3.63) is 11.7 Å². The Hall–Kier alpha value is -1.63. The summed E-state index contributed by atoms with van der Waals surface area (Å²) in [5, 5.41) is 3.74. The Balaban J connectivity index is 2.20. The molecule has 1 aromatic heterocycles. The highest BCUT2D eigenvalue weighted by molar-refractivity contribution is 5.74. The van der Waals surface area contributed by atoms with Gasteiger partial charge in [0.25, 0.3) is 5.89 Å². The second-order valence-corrected chi connectivity index (χ2v) is 4.14. The van der Waals surface area contributed by atoms with Crippen molar-refractivity contribution in [1.82, 2.24) is 19.9 Å². The van der Waals surface area contributed by atoms with Crippen LogP contribution in [0, 0.1) is 6.92 Å². The van der Waals surface area contributed by atoms with Crippen LogP contribution in [0.2, 0.25) is 0 Å².